The molecule has 0 saturated heterocycles. The standard InChI is InChI=1S/C15H11ClN4O2/c16-14-12(8-18-20-15(14)22)19-17-7-11-10-4-2-1-3-9(10)5-6-13(11)21/h1-8,14,21H,(H,20,22)/b17-7-,19-12-. The topological polar surface area (TPSA) is 86.4 Å². The highest BCUT2D eigenvalue weighted by Crippen LogP contribution is 2.25. The minimum Gasteiger partial charge on any atom is -0.507 e. The number of carbonyl (C=O) groups excluding carboxylic acids is 1. The fourth-order valence-electron chi connectivity index (χ4n) is 2.07. The van der Waals surface area contributed by atoms with Crippen LogP contribution < -0.4 is 5.43 Å². The van der Waals surface area contributed by atoms with Gasteiger partial charge in [0.25, 0.3) is 5.91 Å². The Kier molecular flexibility index (Phi) is 3.84. The van der Waals surface area contributed by atoms with Crippen molar-refractivity contribution in [2.45, 2.75) is 5.38 Å². The predicted molar refractivity (Wildman–Crippen MR) is 86.9 cm³/mol. The number of benzene rings is 2. The summed E-state index contributed by atoms with van der Waals surface area (Å²) in [5.74, 6) is -0.355. The Morgan fingerprint density at radius 3 is 2.95 bits per heavy atom. The number of nitrogens with zero attached hydrogens (tertiary/aromatic N) is 3. The second-order valence-electron chi connectivity index (χ2n) is 4.59. The van der Waals surface area contributed by atoms with Crippen LogP contribution in [0.4, 0.5) is 0 Å². The third-order valence-corrected chi connectivity index (χ3v) is 3.59. The van der Waals surface area contributed by atoms with E-state index in [1.165, 1.54) is 12.4 Å². The van der Waals surface area contributed by atoms with Crippen molar-refractivity contribution in [3.05, 3.63) is 42.0 Å². The van der Waals surface area contributed by atoms with Crippen LogP contribution in [0.25, 0.3) is 10.8 Å². The number of halogens is 1. The maximum atomic E-state index is 11.3. The number of rotatable bonds is 2. The largest absolute Gasteiger partial charge is 0.507 e. The molecule has 0 saturated carbocycles. The summed E-state index contributed by atoms with van der Waals surface area (Å²) >= 11 is 5.88. The molecular weight excluding hydrogens is 304 g/mol. The van der Waals surface area contributed by atoms with E-state index in [1.54, 1.807) is 6.07 Å². The van der Waals surface area contributed by atoms with Crippen LogP contribution in [0.2, 0.25) is 0 Å². The highest BCUT2D eigenvalue weighted by atomic mass is 35.5. The van der Waals surface area contributed by atoms with Crippen molar-refractivity contribution in [3.63, 3.8) is 0 Å². The van der Waals surface area contributed by atoms with Gasteiger partial charge in [-0.2, -0.15) is 15.3 Å². The van der Waals surface area contributed by atoms with Gasteiger partial charge in [0.05, 0.1) is 12.4 Å². The molecule has 3 rings (SSSR count). The molecule has 0 spiro atoms. The number of aromatic hydroxyl groups is 1. The van der Waals surface area contributed by atoms with Gasteiger partial charge in [-0.15, -0.1) is 11.6 Å². The summed E-state index contributed by atoms with van der Waals surface area (Å²) in [5.41, 5.74) is 3.01. The number of amides is 1. The third kappa shape index (κ3) is 2.68. The molecule has 0 aromatic heterocycles. The number of phenols is 1. The van der Waals surface area contributed by atoms with Gasteiger partial charge in [-0.05, 0) is 16.8 Å². The van der Waals surface area contributed by atoms with E-state index in [4.69, 9.17) is 11.6 Å². The molecule has 7 heteroatoms. The first-order valence-electron chi connectivity index (χ1n) is 6.45. The zero-order valence-corrected chi connectivity index (χ0v) is 12.0. The van der Waals surface area contributed by atoms with E-state index >= 15 is 0 Å². The molecule has 22 heavy (non-hydrogen) atoms. The number of hydrogen-bond acceptors (Lipinski definition) is 5. The molecule has 110 valence electrons. The Labute approximate surface area is 130 Å². The first kappa shape index (κ1) is 14.2. The van der Waals surface area contributed by atoms with Crippen LogP contribution in [0, 0.1) is 0 Å². The molecule has 6 nitrogen and oxygen atoms in total. The number of nitrogens with one attached hydrogen (secondary N) is 1. The summed E-state index contributed by atoms with van der Waals surface area (Å²) in [7, 11) is 0. The fraction of sp³-hybridized carbons (Fsp3) is 0.0667. The van der Waals surface area contributed by atoms with Crippen molar-refractivity contribution in [3.8, 4) is 5.75 Å². The van der Waals surface area contributed by atoms with Crippen LogP contribution in [0.1, 0.15) is 5.56 Å². The summed E-state index contributed by atoms with van der Waals surface area (Å²) in [4.78, 5) is 11.3. The lowest BCUT2D eigenvalue weighted by atomic mass is 10.0. The van der Waals surface area contributed by atoms with E-state index in [0.717, 1.165) is 10.8 Å². The Hall–Kier alpha value is -2.73. The predicted octanol–water partition coefficient (Wildman–Crippen LogP) is 2.04. The number of fused-ring (bicyclic) bond motifs is 1. The number of alkyl halides is 1. The lowest BCUT2D eigenvalue weighted by Gasteiger charge is -2.10. The van der Waals surface area contributed by atoms with E-state index in [0.29, 0.717) is 5.56 Å². The summed E-state index contributed by atoms with van der Waals surface area (Å²) in [5, 5.41) is 22.3. The van der Waals surface area contributed by atoms with Crippen LogP contribution in [-0.2, 0) is 4.79 Å². The minimum absolute atomic E-state index is 0.0973. The van der Waals surface area contributed by atoms with E-state index in [2.05, 4.69) is 20.7 Å². The molecule has 1 atom stereocenters. The molecule has 1 aliphatic rings. The van der Waals surface area contributed by atoms with E-state index in [1.807, 2.05) is 30.3 Å². The maximum Gasteiger partial charge on any atom is 0.264 e. The van der Waals surface area contributed by atoms with Crippen molar-refractivity contribution in [1.29, 1.82) is 0 Å². The zero-order chi connectivity index (χ0) is 15.5. The molecule has 0 aliphatic carbocycles. The Morgan fingerprint density at radius 1 is 1.27 bits per heavy atom. The first-order valence-corrected chi connectivity index (χ1v) is 6.89. The summed E-state index contributed by atoms with van der Waals surface area (Å²) in [6, 6.07) is 11.0. The number of carbonyl (C=O) groups is 1. The number of hydrogen-bond donors (Lipinski definition) is 2. The van der Waals surface area contributed by atoms with Gasteiger partial charge in [0.1, 0.15) is 11.5 Å². The van der Waals surface area contributed by atoms with Gasteiger partial charge in [-0.1, -0.05) is 30.3 Å². The van der Waals surface area contributed by atoms with Gasteiger partial charge in [-0.3, -0.25) is 4.79 Å². The molecule has 1 amide bonds. The molecule has 2 aromatic carbocycles. The first-order chi connectivity index (χ1) is 10.7. The minimum atomic E-state index is -0.934. The van der Waals surface area contributed by atoms with Gasteiger partial charge in [0, 0.05) is 5.56 Å². The van der Waals surface area contributed by atoms with Crippen molar-refractivity contribution >= 4 is 46.4 Å². The summed E-state index contributed by atoms with van der Waals surface area (Å²) < 4.78 is 0. The normalized spacial score (nSPS) is 20.0. The van der Waals surface area contributed by atoms with Crippen LogP contribution in [0.3, 0.4) is 0 Å². The van der Waals surface area contributed by atoms with Crippen molar-refractivity contribution in [1.82, 2.24) is 5.43 Å². The fourth-order valence-corrected chi connectivity index (χ4v) is 2.22. The number of hydrazone groups is 1. The Bertz CT molecular complexity index is 829. The summed E-state index contributed by atoms with van der Waals surface area (Å²) in [6.07, 6.45) is 2.76. The highest BCUT2D eigenvalue weighted by molar-refractivity contribution is 6.54. The second-order valence-corrected chi connectivity index (χ2v) is 5.02. The summed E-state index contributed by atoms with van der Waals surface area (Å²) in [6.45, 7) is 0. The van der Waals surface area contributed by atoms with Crippen LogP contribution in [-0.4, -0.2) is 34.5 Å². The van der Waals surface area contributed by atoms with Crippen molar-refractivity contribution in [2.24, 2.45) is 15.3 Å². The molecule has 0 fully saturated rings. The quantitative estimate of drug-likeness (QED) is 0.505. The maximum absolute atomic E-state index is 11.3. The third-order valence-electron chi connectivity index (χ3n) is 3.17. The monoisotopic (exact) mass is 314 g/mol. The molecule has 0 radical (unpaired) electrons. The highest BCUT2D eigenvalue weighted by Gasteiger charge is 2.23. The lowest BCUT2D eigenvalue weighted by molar-refractivity contribution is -0.119. The second kappa shape index (κ2) is 5.95. The molecule has 0 bridgehead atoms. The van der Waals surface area contributed by atoms with Gasteiger partial charge in [0.15, 0.2) is 5.38 Å². The van der Waals surface area contributed by atoms with Crippen molar-refractivity contribution < 1.29 is 9.90 Å². The zero-order valence-electron chi connectivity index (χ0n) is 11.3. The molecule has 1 aliphatic heterocycles. The van der Waals surface area contributed by atoms with Gasteiger partial charge in [-0.25, -0.2) is 5.43 Å². The van der Waals surface area contributed by atoms with E-state index in [9.17, 15) is 9.90 Å². The molecule has 2 aromatic rings. The average Bonchev–Trinajstić information content (AvgIpc) is 2.53. The van der Waals surface area contributed by atoms with Gasteiger partial charge < -0.3 is 5.11 Å². The Morgan fingerprint density at radius 2 is 2.09 bits per heavy atom. The SMILES string of the molecule is O=C1NN=C/C(=N/N=C\c2c(O)ccc3ccccc23)C1Cl. The smallest absolute Gasteiger partial charge is 0.264 e. The Balaban J connectivity index is 1.96. The van der Waals surface area contributed by atoms with Crippen molar-refractivity contribution in [2.75, 3.05) is 0 Å². The molecule has 2 N–H and O–H groups in total. The van der Waals surface area contributed by atoms with Crippen LogP contribution in [0.5, 0.6) is 5.75 Å². The molecule has 1 unspecified atom stereocenters. The number of phenolic OH excluding ortho intramolecular Hbond substituents is 1. The average molecular weight is 315 g/mol. The lowest BCUT2D eigenvalue weighted by Crippen LogP contribution is -2.38. The molecule has 1 heterocycles. The van der Waals surface area contributed by atoms with Crippen LogP contribution in [0.15, 0.2) is 51.7 Å². The molecular formula is C15H11ClN4O2. The van der Waals surface area contributed by atoms with Gasteiger partial charge in [0.2, 0.25) is 0 Å². The van der Waals surface area contributed by atoms with E-state index in [-0.39, 0.29) is 11.5 Å². The van der Waals surface area contributed by atoms with E-state index < -0.39 is 11.3 Å². The van der Waals surface area contributed by atoms with Crippen LogP contribution >= 0.6 is 11.6 Å². The van der Waals surface area contributed by atoms with Gasteiger partial charge >= 0.3 is 0 Å².